The Labute approximate surface area is 115 Å². The standard InChI is InChI=1S/C12H15NO7/c1-6(14)18-9-4-5-17-11(10(9)19-7(2)15)12(13)20-8(3)16/h4-5,9-11,13H,1-3H3/t9-,10+,11+/m1/s1. The maximum atomic E-state index is 11.1. The third-order valence-electron chi connectivity index (χ3n) is 2.23. The molecular formula is C12H15NO7. The van der Waals surface area contributed by atoms with Crippen molar-refractivity contribution in [2.45, 2.75) is 39.1 Å². The molecule has 0 radical (unpaired) electrons. The second-order valence-corrected chi connectivity index (χ2v) is 3.99. The van der Waals surface area contributed by atoms with E-state index in [4.69, 9.17) is 19.6 Å². The van der Waals surface area contributed by atoms with Crippen LogP contribution < -0.4 is 0 Å². The van der Waals surface area contributed by atoms with Crippen molar-refractivity contribution in [3.05, 3.63) is 12.3 Å². The van der Waals surface area contributed by atoms with Crippen molar-refractivity contribution in [1.29, 1.82) is 5.41 Å². The normalized spacial score (nSPS) is 24.2. The summed E-state index contributed by atoms with van der Waals surface area (Å²) in [6, 6.07) is 0. The first kappa shape index (κ1) is 15.7. The van der Waals surface area contributed by atoms with Crippen LogP contribution in [0.1, 0.15) is 20.8 Å². The van der Waals surface area contributed by atoms with Crippen molar-refractivity contribution in [2.75, 3.05) is 0 Å². The van der Waals surface area contributed by atoms with Crippen molar-refractivity contribution in [1.82, 2.24) is 0 Å². The van der Waals surface area contributed by atoms with Crippen LogP contribution in [0, 0.1) is 5.41 Å². The lowest BCUT2D eigenvalue weighted by molar-refractivity contribution is -0.170. The second kappa shape index (κ2) is 6.69. The van der Waals surface area contributed by atoms with E-state index in [1.165, 1.54) is 19.3 Å². The van der Waals surface area contributed by atoms with E-state index in [2.05, 4.69) is 4.74 Å². The maximum Gasteiger partial charge on any atom is 0.309 e. The molecule has 0 aromatic heterocycles. The highest BCUT2D eigenvalue weighted by atomic mass is 16.6. The number of carbonyl (C=O) groups excluding carboxylic acids is 3. The summed E-state index contributed by atoms with van der Waals surface area (Å²) < 4.78 is 19.7. The number of carbonyl (C=O) groups is 3. The zero-order valence-electron chi connectivity index (χ0n) is 11.2. The van der Waals surface area contributed by atoms with E-state index in [1.54, 1.807) is 0 Å². The van der Waals surface area contributed by atoms with Gasteiger partial charge in [0.25, 0.3) is 0 Å². The highest BCUT2D eigenvalue weighted by Crippen LogP contribution is 2.20. The molecule has 0 aliphatic carbocycles. The molecule has 1 rings (SSSR count). The van der Waals surface area contributed by atoms with Gasteiger partial charge in [0.1, 0.15) is 0 Å². The van der Waals surface area contributed by atoms with E-state index >= 15 is 0 Å². The Hall–Kier alpha value is -2.38. The van der Waals surface area contributed by atoms with Gasteiger partial charge in [0.15, 0.2) is 12.2 Å². The summed E-state index contributed by atoms with van der Waals surface area (Å²) >= 11 is 0. The van der Waals surface area contributed by atoms with Crippen molar-refractivity contribution in [2.24, 2.45) is 0 Å². The lowest BCUT2D eigenvalue weighted by Crippen LogP contribution is -2.49. The summed E-state index contributed by atoms with van der Waals surface area (Å²) in [4.78, 5) is 33.0. The lowest BCUT2D eigenvalue weighted by atomic mass is 10.1. The van der Waals surface area contributed by atoms with Gasteiger partial charge < -0.3 is 18.9 Å². The summed E-state index contributed by atoms with van der Waals surface area (Å²) in [6.45, 7) is 3.48. The Morgan fingerprint density at radius 3 is 2.15 bits per heavy atom. The molecule has 0 saturated heterocycles. The van der Waals surface area contributed by atoms with Gasteiger partial charge >= 0.3 is 17.9 Å². The van der Waals surface area contributed by atoms with Crippen LogP contribution in [0.25, 0.3) is 0 Å². The second-order valence-electron chi connectivity index (χ2n) is 3.99. The topological polar surface area (TPSA) is 112 Å². The fourth-order valence-corrected chi connectivity index (χ4v) is 1.61. The third kappa shape index (κ3) is 4.38. The van der Waals surface area contributed by atoms with E-state index in [9.17, 15) is 14.4 Å². The Morgan fingerprint density at radius 1 is 1.05 bits per heavy atom. The molecule has 1 heterocycles. The molecule has 0 aromatic rings. The number of hydrogen-bond acceptors (Lipinski definition) is 8. The SMILES string of the molecule is CC(=O)OC(=N)[C@H]1OC=C[C@@H](OC(C)=O)[C@@H]1OC(C)=O. The van der Waals surface area contributed by atoms with Gasteiger partial charge in [-0.25, -0.2) is 0 Å². The number of rotatable bonds is 3. The molecule has 0 unspecified atom stereocenters. The first-order valence-corrected chi connectivity index (χ1v) is 5.74. The van der Waals surface area contributed by atoms with E-state index in [-0.39, 0.29) is 0 Å². The smallest absolute Gasteiger partial charge is 0.309 e. The molecule has 1 aliphatic rings. The number of nitrogens with one attached hydrogen (secondary N) is 1. The largest absolute Gasteiger partial charge is 0.484 e. The molecule has 110 valence electrons. The van der Waals surface area contributed by atoms with Crippen LogP contribution in [0.5, 0.6) is 0 Å². The predicted molar refractivity (Wildman–Crippen MR) is 64.6 cm³/mol. The van der Waals surface area contributed by atoms with Crippen molar-refractivity contribution in [3.63, 3.8) is 0 Å². The first-order valence-electron chi connectivity index (χ1n) is 5.74. The van der Waals surface area contributed by atoms with Crippen LogP contribution in [-0.2, 0) is 33.3 Å². The molecule has 1 N–H and O–H groups in total. The number of hydrogen-bond donors (Lipinski definition) is 1. The van der Waals surface area contributed by atoms with E-state index < -0.39 is 42.1 Å². The zero-order chi connectivity index (χ0) is 15.3. The molecule has 0 saturated carbocycles. The first-order chi connectivity index (χ1) is 9.31. The molecule has 20 heavy (non-hydrogen) atoms. The van der Waals surface area contributed by atoms with Crippen LogP contribution in [0.2, 0.25) is 0 Å². The van der Waals surface area contributed by atoms with Crippen LogP contribution in [0.3, 0.4) is 0 Å². The van der Waals surface area contributed by atoms with Crippen molar-refractivity contribution in [3.8, 4) is 0 Å². The van der Waals surface area contributed by atoms with Crippen LogP contribution in [0.4, 0.5) is 0 Å². The third-order valence-corrected chi connectivity index (χ3v) is 2.23. The highest BCUT2D eigenvalue weighted by molar-refractivity contribution is 5.89. The molecule has 0 spiro atoms. The van der Waals surface area contributed by atoms with Crippen LogP contribution in [0.15, 0.2) is 12.3 Å². The summed E-state index contributed by atoms with van der Waals surface area (Å²) in [7, 11) is 0. The minimum atomic E-state index is -1.17. The van der Waals surface area contributed by atoms with Gasteiger partial charge in [-0.05, 0) is 6.08 Å². The fraction of sp³-hybridized carbons (Fsp3) is 0.500. The molecule has 0 amide bonds. The Morgan fingerprint density at radius 2 is 1.65 bits per heavy atom. The predicted octanol–water partition coefficient (Wildman–Crippen LogP) is 0.303. The van der Waals surface area contributed by atoms with Crippen LogP contribution in [-0.4, -0.2) is 42.1 Å². The van der Waals surface area contributed by atoms with Gasteiger partial charge in [-0.15, -0.1) is 0 Å². The summed E-state index contributed by atoms with van der Waals surface area (Å²) in [5.41, 5.74) is 0. The minimum Gasteiger partial charge on any atom is -0.484 e. The number of ether oxygens (including phenoxy) is 4. The van der Waals surface area contributed by atoms with Gasteiger partial charge in [-0.2, -0.15) is 0 Å². The van der Waals surface area contributed by atoms with Crippen LogP contribution >= 0.6 is 0 Å². The maximum absolute atomic E-state index is 11.1. The van der Waals surface area contributed by atoms with Gasteiger partial charge in [0, 0.05) is 20.8 Å². The molecule has 0 fully saturated rings. The molecule has 0 bridgehead atoms. The van der Waals surface area contributed by atoms with E-state index in [1.807, 2.05) is 0 Å². The number of esters is 3. The monoisotopic (exact) mass is 285 g/mol. The minimum absolute atomic E-state index is 0.537. The molecule has 8 nitrogen and oxygen atoms in total. The zero-order valence-corrected chi connectivity index (χ0v) is 11.2. The average molecular weight is 285 g/mol. The Bertz CT molecular complexity index is 457. The Kier molecular flexibility index (Phi) is 5.24. The van der Waals surface area contributed by atoms with Gasteiger partial charge in [-0.1, -0.05) is 0 Å². The molecule has 3 atom stereocenters. The summed E-state index contributed by atoms with van der Waals surface area (Å²) in [5, 5.41) is 7.63. The summed E-state index contributed by atoms with van der Waals surface area (Å²) in [6.07, 6.45) is -0.639. The van der Waals surface area contributed by atoms with Crippen molar-refractivity contribution >= 4 is 23.8 Å². The molecule has 8 heteroatoms. The quantitative estimate of drug-likeness (QED) is 0.343. The lowest BCUT2D eigenvalue weighted by Gasteiger charge is -2.32. The van der Waals surface area contributed by atoms with Gasteiger partial charge in [-0.3, -0.25) is 19.8 Å². The molecule has 0 aromatic carbocycles. The fourth-order valence-electron chi connectivity index (χ4n) is 1.61. The molecule has 1 aliphatic heterocycles. The van der Waals surface area contributed by atoms with Gasteiger partial charge in [0.2, 0.25) is 12.0 Å². The van der Waals surface area contributed by atoms with Crippen molar-refractivity contribution < 1.29 is 33.3 Å². The Balaban J connectivity index is 2.93. The van der Waals surface area contributed by atoms with E-state index in [0.29, 0.717) is 0 Å². The highest BCUT2D eigenvalue weighted by Gasteiger charge is 2.41. The van der Waals surface area contributed by atoms with E-state index in [0.717, 1.165) is 13.8 Å². The van der Waals surface area contributed by atoms with Gasteiger partial charge in [0.05, 0.1) is 6.26 Å². The summed E-state index contributed by atoms with van der Waals surface area (Å²) in [5.74, 6) is -2.48. The average Bonchev–Trinajstić information content (AvgIpc) is 2.28. The molecular weight excluding hydrogens is 270 g/mol.